The van der Waals surface area contributed by atoms with Gasteiger partial charge in [0.1, 0.15) is 31.0 Å². The zero-order valence-electron chi connectivity index (χ0n) is 19.9. The van der Waals surface area contributed by atoms with Crippen LogP contribution in [0.4, 0.5) is 0 Å². The Balaban J connectivity index is 2.00. The van der Waals surface area contributed by atoms with Crippen molar-refractivity contribution in [3.05, 3.63) is 24.3 Å². The first-order valence-electron chi connectivity index (χ1n) is 12.2. The molecule has 0 amide bonds. The lowest BCUT2D eigenvalue weighted by Crippen LogP contribution is -2.59. The minimum Gasteiger partial charge on any atom is -0.463 e. The lowest BCUT2D eigenvalue weighted by Gasteiger charge is -2.39. The molecule has 1 saturated heterocycles. The summed E-state index contributed by atoms with van der Waals surface area (Å²) < 4.78 is 15.4. The van der Waals surface area contributed by atoms with Gasteiger partial charge in [0.05, 0.1) is 0 Å². The van der Waals surface area contributed by atoms with Crippen LogP contribution in [-0.4, -0.2) is 65.7 Å². The summed E-state index contributed by atoms with van der Waals surface area (Å²) >= 11 is 0. The Morgan fingerprint density at radius 3 is 2.12 bits per heavy atom. The Morgan fingerprint density at radius 1 is 0.844 bits per heavy atom. The molecule has 186 valence electrons. The first kappa shape index (κ1) is 28.8. The number of aliphatic hydroxyl groups excluding tert-OH is 3. The van der Waals surface area contributed by atoms with Crippen LogP contribution in [0.15, 0.2) is 24.3 Å². The van der Waals surface area contributed by atoms with Crippen molar-refractivity contribution in [2.75, 3.05) is 13.7 Å². The molecular weight excluding hydrogens is 412 g/mol. The van der Waals surface area contributed by atoms with Gasteiger partial charge in [0.25, 0.3) is 0 Å². The molecule has 3 N–H and O–H groups in total. The standard InChI is InChI=1S/C25H44O7/c1-3-4-5-6-7-8-9-10-11-12-13-14-15-16-17-18-21(26)31-19-20-22(27)23(28)24(29)25(30-2)32-20/h7-8,10-11,20,22-25,27-29H,3-6,9,12-19H2,1-2H3/t20-,22-,23+,24-,25?/m1/s1. The van der Waals surface area contributed by atoms with E-state index in [1.165, 1.54) is 32.8 Å². The summed E-state index contributed by atoms with van der Waals surface area (Å²) in [5.74, 6) is -0.360. The number of unbranched alkanes of at least 4 members (excludes halogenated alkanes) is 8. The highest BCUT2D eigenvalue weighted by Gasteiger charge is 2.44. The largest absolute Gasteiger partial charge is 0.463 e. The summed E-state index contributed by atoms with van der Waals surface area (Å²) in [6.07, 6.45) is 15.5. The number of methoxy groups -OCH3 is 1. The van der Waals surface area contributed by atoms with Gasteiger partial charge < -0.3 is 29.5 Å². The third kappa shape index (κ3) is 12.1. The van der Waals surface area contributed by atoms with Gasteiger partial charge in [0.2, 0.25) is 0 Å². The van der Waals surface area contributed by atoms with Crippen molar-refractivity contribution in [3.8, 4) is 0 Å². The van der Waals surface area contributed by atoms with E-state index in [0.29, 0.717) is 6.42 Å². The average molecular weight is 457 g/mol. The summed E-state index contributed by atoms with van der Waals surface area (Å²) in [7, 11) is 1.32. The molecule has 0 aromatic carbocycles. The molecule has 1 rings (SSSR count). The van der Waals surface area contributed by atoms with Crippen LogP contribution in [0.5, 0.6) is 0 Å². The molecule has 7 nitrogen and oxygen atoms in total. The van der Waals surface area contributed by atoms with Crippen molar-refractivity contribution in [1.29, 1.82) is 0 Å². The first-order chi connectivity index (χ1) is 15.5. The molecule has 0 saturated carbocycles. The van der Waals surface area contributed by atoms with Crippen molar-refractivity contribution in [2.45, 2.75) is 115 Å². The van der Waals surface area contributed by atoms with Crippen LogP contribution in [0.3, 0.4) is 0 Å². The van der Waals surface area contributed by atoms with Crippen LogP contribution in [-0.2, 0) is 19.0 Å². The molecule has 0 aliphatic carbocycles. The first-order valence-corrected chi connectivity index (χ1v) is 12.2. The Bertz CT molecular complexity index is 532. The maximum atomic E-state index is 11.9. The minimum absolute atomic E-state index is 0.191. The summed E-state index contributed by atoms with van der Waals surface area (Å²) in [4.78, 5) is 11.9. The molecule has 1 aliphatic rings. The molecule has 7 heteroatoms. The third-order valence-corrected chi connectivity index (χ3v) is 5.64. The van der Waals surface area contributed by atoms with Gasteiger partial charge in [-0.1, -0.05) is 63.3 Å². The lowest BCUT2D eigenvalue weighted by atomic mass is 9.99. The molecule has 0 aromatic rings. The summed E-state index contributed by atoms with van der Waals surface area (Å²) in [5.41, 5.74) is 0. The molecule has 5 atom stereocenters. The maximum absolute atomic E-state index is 11.9. The van der Waals surface area contributed by atoms with Crippen LogP contribution in [0.25, 0.3) is 0 Å². The Labute approximate surface area is 193 Å². The lowest BCUT2D eigenvalue weighted by molar-refractivity contribution is -0.295. The van der Waals surface area contributed by atoms with Crippen LogP contribution in [0.2, 0.25) is 0 Å². The van der Waals surface area contributed by atoms with Crippen molar-refractivity contribution < 1.29 is 34.3 Å². The molecule has 1 heterocycles. The van der Waals surface area contributed by atoms with E-state index >= 15 is 0 Å². The van der Waals surface area contributed by atoms with Gasteiger partial charge in [0, 0.05) is 13.5 Å². The van der Waals surface area contributed by atoms with E-state index in [2.05, 4.69) is 31.2 Å². The quantitative estimate of drug-likeness (QED) is 0.174. The second kappa shape index (κ2) is 18.2. The van der Waals surface area contributed by atoms with Crippen LogP contribution >= 0.6 is 0 Å². The van der Waals surface area contributed by atoms with Gasteiger partial charge in [-0.2, -0.15) is 0 Å². The highest BCUT2D eigenvalue weighted by Crippen LogP contribution is 2.22. The fraction of sp³-hybridized carbons (Fsp3) is 0.800. The normalized spacial score (nSPS) is 26.2. The second-order valence-electron chi connectivity index (χ2n) is 8.41. The highest BCUT2D eigenvalue weighted by molar-refractivity contribution is 5.69. The molecular formula is C25H44O7. The van der Waals surface area contributed by atoms with E-state index in [0.717, 1.165) is 44.9 Å². The topological polar surface area (TPSA) is 105 Å². The molecule has 0 radical (unpaired) electrons. The molecule has 32 heavy (non-hydrogen) atoms. The number of rotatable bonds is 17. The monoisotopic (exact) mass is 456 g/mol. The Hall–Kier alpha value is -1.25. The van der Waals surface area contributed by atoms with Gasteiger partial charge in [-0.15, -0.1) is 0 Å². The van der Waals surface area contributed by atoms with Gasteiger partial charge in [0.15, 0.2) is 6.29 Å². The molecule has 1 fully saturated rings. The number of aliphatic hydroxyl groups is 3. The number of hydrogen-bond donors (Lipinski definition) is 3. The number of carbonyl (C=O) groups is 1. The smallest absolute Gasteiger partial charge is 0.305 e. The van der Waals surface area contributed by atoms with Crippen molar-refractivity contribution >= 4 is 5.97 Å². The Kier molecular flexibility index (Phi) is 16.4. The number of esters is 1. The highest BCUT2D eigenvalue weighted by atomic mass is 16.7. The van der Waals surface area contributed by atoms with E-state index in [1.807, 2.05) is 0 Å². The van der Waals surface area contributed by atoms with Gasteiger partial charge in [-0.05, 0) is 38.5 Å². The van der Waals surface area contributed by atoms with Crippen LogP contribution in [0.1, 0.15) is 84.0 Å². The van der Waals surface area contributed by atoms with E-state index in [4.69, 9.17) is 14.2 Å². The Morgan fingerprint density at radius 2 is 1.47 bits per heavy atom. The number of carbonyl (C=O) groups excluding carboxylic acids is 1. The molecule has 0 aromatic heterocycles. The number of hydrogen-bond acceptors (Lipinski definition) is 7. The van der Waals surface area contributed by atoms with E-state index in [9.17, 15) is 20.1 Å². The SMILES string of the molecule is CCCCCC=CCC=CCCCCCCCC(=O)OC[C@H]1OC(OC)[C@H](O)[C@@H](O)[C@@H]1O. The third-order valence-electron chi connectivity index (χ3n) is 5.64. The van der Waals surface area contributed by atoms with Gasteiger partial charge in [-0.25, -0.2) is 0 Å². The maximum Gasteiger partial charge on any atom is 0.305 e. The average Bonchev–Trinajstić information content (AvgIpc) is 2.79. The molecule has 1 aliphatic heterocycles. The fourth-order valence-corrected chi connectivity index (χ4v) is 3.58. The van der Waals surface area contributed by atoms with Gasteiger partial charge in [-0.3, -0.25) is 4.79 Å². The molecule has 1 unspecified atom stereocenters. The summed E-state index contributed by atoms with van der Waals surface area (Å²) in [5, 5.41) is 29.5. The molecule has 0 spiro atoms. The van der Waals surface area contributed by atoms with Crippen molar-refractivity contribution in [2.24, 2.45) is 0 Å². The second-order valence-corrected chi connectivity index (χ2v) is 8.41. The molecule has 0 bridgehead atoms. The minimum atomic E-state index is -1.42. The van der Waals surface area contributed by atoms with Gasteiger partial charge >= 0.3 is 5.97 Å². The zero-order valence-corrected chi connectivity index (χ0v) is 19.9. The number of allylic oxidation sites excluding steroid dienone is 4. The predicted octanol–water partition coefficient (Wildman–Crippen LogP) is 3.80. The zero-order chi connectivity index (χ0) is 23.6. The van der Waals surface area contributed by atoms with E-state index in [-0.39, 0.29) is 12.6 Å². The summed E-state index contributed by atoms with van der Waals surface area (Å²) in [6, 6.07) is 0. The number of ether oxygens (including phenoxy) is 3. The van der Waals surface area contributed by atoms with Crippen molar-refractivity contribution in [1.82, 2.24) is 0 Å². The summed E-state index contributed by atoms with van der Waals surface area (Å²) in [6.45, 7) is 2.03. The van der Waals surface area contributed by atoms with Crippen LogP contribution < -0.4 is 0 Å². The fourth-order valence-electron chi connectivity index (χ4n) is 3.58. The van der Waals surface area contributed by atoms with Crippen LogP contribution in [0, 0.1) is 0 Å². The van der Waals surface area contributed by atoms with E-state index in [1.54, 1.807) is 0 Å². The van der Waals surface area contributed by atoms with E-state index < -0.39 is 30.7 Å². The predicted molar refractivity (Wildman–Crippen MR) is 124 cm³/mol. The van der Waals surface area contributed by atoms with Crippen molar-refractivity contribution in [3.63, 3.8) is 0 Å².